The number of hydrogen-bond donors (Lipinski definition) is 1. The van der Waals surface area contributed by atoms with Crippen LogP contribution in [-0.4, -0.2) is 19.6 Å². The zero-order valence-corrected chi connectivity index (χ0v) is 13.7. The van der Waals surface area contributed by atoms with Crippen molar-refractivity contribution in [1.82, 2.24) is 0 Å². The van der Waals surface area contributed by atoms with Gasteiger partial charge < -0.3 is 14.8 Å². The summed E-state index contributed by atoms with van der Waals surface area (Å²) in [5.74, 6) is 0.759. The molecule has 0 aliphatic rings. The molecule has 4 nitrogen and oxygen atoms in total. The second kappa shape index (κ2) is 7.38. The third kappa shape index (κ3) is 4.29. The molecule has 2 aromatic rings. The van der Waals surface area contributed by atoms with Crippen LogP contribution in [0.3, 0.4) is 0 Å². The number of halogens is 2. The average molecular weight is 340 g/mol. The van der Waals surface area contributed by atoms with Gasteiger partial charge >= 0.3 is 0 Å². The number of nitrogens with one attached hydrogen (secondary N) is 1. The number of methoxy groups -OCH3 is 1. The molecule has 0 aliphatic heterocycles. The lowest BCUT2D eigenvalue weighted by molar-refractivity contribution is -0.118. The first-order valence-electron chi connectivity index (χ1n) is 6.52. The minimum Gasteiger partial charge on any atom is -0.493 e. The molecule has 6 heteroatoms. The fourth-order valence-corrected chi connectivity index (χ4v) is 2.27. The van der Waals surface area contributed by atoms with Gasteiger partial charge in [0.15, 0.2) is 18.1 Å². The minimum absolute atomic E-state index is 0.154. The molecular formula is C16H15Cl2NO3. The van der Waals surface area contributed by atoms with Gasteiger partial charge in [0.1, 0.15) is 0 Å². The van der Waals surface area contributed by atoms with Gasteiger partial charge in [-0.25, -0.2) is 0 Å². The van der Waals surface area contributed by atoms with Crippen molar-refractivity contribution in [3.63, 3.8) is 0 Å². The number of carbonyl (C=O) groups is 1. The lowest BCUT2D eigenvalue weighted by Gasteiger charge is -2.12. The van der Waals surface area contributed by atoms with Crippen LogP contribution >= 0.6 is 23.2 Å². The van der Waals surface area contributed by atoms with Crippen molar-refractivity contribution in [2.24, 2.45) is 0 Å². The van der Waals surface area contributed by atoms with Gasteiger partial charge in [-0.2, -0.15) is 0 Å². The second-order valence-electron chi connectivity index (χ2n) is 4.62. The Labute approximate surface area is 138 Å². The fourth-order valence-electron chi connectivity index (χ4n) is 1.81. The van der Waals surface area contributed by atoms with Crippen LogP contribution in [0.2, 0.25) is 10.0 Å². The molecule has 116 valence electrons. The number of ether oxygens (including phenoxy) is 2. The Morgan fingerprint density at radius 3 is 2.59 bits per heavy atom. The van der Waals surface area contributed by atoms with Crippen LogP contribution in [-0.2, 0) is 4.79 Å². The normalized spacial score (nSPS) is 10.2. The summed E-state index contributed by atoms with van der Waals surface area (Å²) in [6.07, 6.45) is 0. The molecule has 1 amide bonds. The predicted molar refractivity (Wildman–Crippen MR) is 88.3 cm³/mol. The number of amides is 1. The first kappa shape index (κ1) is 16.5. The van der Waals surface area contributed by atoms with Crippen LogP contribution in [0.5, 0.6) is 11.5 Å². The highest BCUT2D eigenvalue weighted by molar-refractivity contribution is 6.36. The molecule has 0 unspecified atom stereocenters. The second-order valence-corrected chi connectivity index (χ2v) is 5.46. The van der Waals surface area contributed by atoms with E-state index in [9.17, 15) is 4.79 Å². The molecular weight excluding hydrogens is 325 g/mol. The molecule has 2 aromatic carbocycles. The Balaban J connectivity index is 1.98. The van der Waals surface area contributed by atoms with Crippen molar-refractivity contribution in [2.45, 2.75) is 6.92 Å². The van der Waals surface area contributed by atoms with E-state index in [0.717, 1.165) is 5.56 Å². The van der Waals surface area contributed by atoms with Crippen LogP contribution in [0.1, 0.15) is 5.56 Å². The van der Waals surface area contributed by atoms with E-state index >= 15 is 0 Å². The topological polar surface area (TPSA) is 47.6 Å². The summed E-state index contributed by atoms with van der Waals surface area (Å²) in [6.45, 7) is 1.79. The largest absolute Gasteiger partial charge is 0.493 e. The number of anilines is 1. The Morgan fingerprint density at radius 1 is 1.14 bits per heavy atom. The highest BCUT2D eigenvalue weighted by atomic mass is 35.5. The molecule has 2 rings (SSSR count). The van der Waals surface area contributed by atoms with Crippen LogP contribution in [0, 0.1) is 6.92 Å². The third-order valence-corrected chi connectivity index (χ3v) is 3.43. The highest BCUT2D eigenvalue weighted by Gasteiger charge is 2.10. The number of carbonyl (C=O) groups excluding carboxylic acids is 1. The molecule has 1 N–H and O–H groups in total. The van der Waals surface area contributed by atoms with Gasteiger partial charge in [0, 0.05) is 5.02 Å². The first-order chi connectivity index (χ1) is 10.5. The number of hydrogen-bond acceptors (Lipinski definition) is 3. The summed E-state index contributed by atoms with van der Waals surface area (Å²) in [5, 5.41) is 3.53. The lowest BCUT2D eigenvalue weighted by atomic mass is 10.2. The van der Waals surface area contributed by atoms with Gasteiger partial charge in [0.05, 0.1) is 17.8 Å². The van der Waals surface area contributed by atoms with Crippen molar-refractivity contribution in [3.05, 3.63) is 52.0 Å². The smallest absolute Gasteiger partial charge is 0.262 e. The Bertz CT molecular complexity index is 689. The lowest BCUT2D eigenvalue weighted by Crippen LogP contribution is -2.20. The molecule has 0 aromatic heterocycles. The molecule has 0 fully saturated rings. The summed E-state index contributed by atoms with van der Waals surface area (Å²) in [7, 11) is 1.55. The molecule has 0 bridgehead atoms. The fraction of sp³-hybridized carbons (Fsp3) is 0.188. The molecule has 0 spiro atoms. The standard InChI is InChI=1S/C16H15Cl2NO3/c1-10-3-6-14(15(7-10)21-2)22-9-16(20)19-13-5-4-11(17)8-12(13)18/h3-8H,9H2,1-2H3,(H,19,20). The Hall–Kier alpha value is -1.91. The van der Waals surface area contributed by atoms with Crippen LogP contribution < -0.4 is 14.8 Å². The maximum absolute atomic E-state index is 11.9. The number of aryl methyl sites for hydroxylation is 1. The Kier molecular flexibility index (Phi) is 5.52. The summed E-state index contributed by atoms with van der Waals surface area (Å²) < 4.78 is 10.7. The van der Waals surface area contributed by atoms with E-state index in [2.05, 4.69) is 5.32 Å². The zero-order chi connectivity index (χ0) is 16.1. The average Bonchev–Trinajstić information content (AvgIpc) is 2.48. The van der Waals surface area contributed by atoms with Gasteiger partial charge in [0.2, 0.25) is 0 Å². The van der Waals surface area contributed by atoms with Crippen LogP contribution in [0.25, 0.3) is 0 Å². The maximum Gasteiger partial charge on any atom is 0.262 e. The van der Waals surface area contributed by atoms with E-state index in [-0.39, 0.29) is 12.5 Å². The summed E-state index contributed by atoms with van der Waals surface area (Å²) in [6, 6.07) is 10.3. The van der Waals surface area contributed by atoms with E-state index in [4.69, 9.17) is 32.7 Å². The monoisotopic (exact) mass is 339 g/mol. The van der Waals surface area contributed by atoms with Crippen LogP contribution in [0.15, 0.2) is 36.4 Å². The van der Waals surface area contributed by atoms with Gasteiger partial charge in [-0.15, -0.1) is 0 Å². The molecule has 0 saturated carbocycles. The van der Waals surface area contributed by atoms with E-state index in [1.54, 1.807) is 31.4 Å². The van der Waals surface area contributed by atoms with Crippen molar-refractivity contribution in [1.29, 1.82) is 0 Å². The zero-order valence-electron chi connectivity index (χ0n) is 12.2. The number of rotatable bonds is 5. The molecule has 0 heterocycles. The quantitative estimate of drug-likeness (QED) is 0.881. The van der Waals surface area contributed by atoms with Gasteiger partial charge in [-0.3, -0.25) is 4.79 Å². The Morgan fingerprint density at radius 2 is 1.91 bits per heavy atom. The maximum atomic E-state index is 11.9. The van der Waals surface area contributed by atoms with Crippen molar-refractivity contribution in [2.75, 3.05) is 19.0 Å². The molecule has 22 heavy (non-hydrogen) atoms. The van der Waals surface area contributed by atoms with Crippen molar-refractivity contribution >= 4 is 34.8 Å². The van der Waals surface area contributed by atoms with Crippen molar-refractivity contribution < 1.29 is 14.3 Å². The SMILES string of the molecule is COc1cc(C)ccc1OCC(=O)Nc1ccc(Cl)cc1Cl. The van der Waals surface area contributed by atoms with Crippen LogP contribution in [0.4, 0.5) is 5.69 Å². The van der Waals surface area contributed by atoms with E-state index in [0.29, 0.717) is 27.2 Å². The first-order valence-corrected chi connectivity index (χ1v) is 7.27. The molecule has 0 saturated heterocycles. The minimum atomic E-state index is -0.327. The summed E-state index contributed by atoms with van der Waals surface area (Å²) in [4.78, 5) is 11.9. The molecule has 0 radical (unpaired) electrons. The number of benzene rings is 2. The predicted octanol–water partition coefficient (Wildman–Crippen LogP) is 4.33. The highest BCUT2D eigenvalue weighted by Crippen LogP contribution is 2.28. The third-order valence-electron chi connectivity index (χ3n) is 2.88. The molecule has 0 aliphatic carbocycles. The van der Waals surface area contributed by atoms with Crippen molar-refractivity contribution in [3.8, 4) is 11.5 Å². The summed E-state index contributed by atoms with van der Waals surface area (Å²) in [5.41, 5.74) is 1.53. The molecule has 0 atom stereocenters. The summed E-state index contributed by atoms with van der Waals surface area (Å²) >= 11 is 11.8. The van der Waals surface area contributed by atoms with E-state index < -0.39 is 0 Å². The van der Waals surface area contributed by atoms with E-state index in [1.807, 2.05) is 19.1 Å². The van der Waals surface area contributed by atoms with Gasteiger partial charge in [-0.05, 0) is 42.8 Å². The van der Waals surface area contributed by atoms with E-state index in [1.165, 1.54) is 0 Å². The van der Waals surface area contributed by atoms with Gasteiger partial charge in [0.25, 0.3) is 5.91 Å². The van der Waals surface area contributed by atoms with Gasteiger partial charge in [-0.1, -0.05) is 29.3 Å².